The van der Waals surface area contributed by atoms with Crippen molar-refractivity contribution in [1.82, 2.24) is 10.2 Å². The van der Waals surface area contributed by atoms with Crippen LogP contribution in [0.25, 0.3) is 0 Å². The van der Waals surface area contributed by atoms with E-state index in [2.05, 4.69) is 17.1 Å². The van der Waals surface area contributed by atoms with E-state index in [1.807, 2.05) is 6.92 Å². The lowest BCUT2D eigenvalue weighted by molar-refractivity contribution is 0.142. The van der Waals surface area contributed by atoms with Gasteiger partial charge in [-0.3, -0.25) is 4.90 Å². The molecule has 1 saturated heterocycles. The Balaban J connectivity index is 2.01. The van der Waals surface area contributed by atoms with Crippen molar-refractivity contribution in [3.8, 4) is 0 Å². The Morgan fingerprint density at radius 3 is 3.00 bits per heavy atom. The van der Waals surface area contributed by atoms with Crippen LogP contribution in [0.15, 0.2) is 0 Å². The number of hydrogen-bond acceptors (Lipinski definition) is 4. The van der Waals surface area contributed by atoms with Crippen molar-refractivity contribution in [2.24, 2.45) is 5.92 Å². The first-order valence-electron chi connectivity index (χ1n) is 7.29. The van der Waals surface area contributed by atoms with Gasteiger partial charge in [-0.25, -0.2) is 0 Å². The van der Waals surface area contributed by atoms with Crippen LogP contribution in [0.5, 0.6) is 0 Å². The maximum absolute atomic E-state index is 5.32. The summed E-state index contributed by atoms with van der Waals surface area (Å²) in [5.41, 5.74) is 0. The van der Waals surface area contributed by atoms with E-state index in [-0.39, 0.29) is 0 Å². The van der Waals surface area contributed by atoms with Gasteiger partial charge in [-0.1, -0.05) is 0 Å². The highest BCUT2D eigenvalue weighted by molar-refractivity contribution is 4.80. The molecule has 108 valence electrons. The van der Waals surface area contributed by atoms with E-state index in [1.54, 1.807) is 7.11 Å². The number of nitrogens with one attached hydrogen (secondary N) is 1. The first-order chi connectivity index (χ1) is 8.77. The first-order valence-corrected chi connectivity index (χ1v) is 7.29. The highest BCUT2D eigenvalue weighted by Gasteiger charge is 2.25. The smallest absolute Gasteiger partial charge is 0.0503 e. The Labute approximate surface area is 112 Å². The molecular weight excluding hydrogens is 228 g/mol. The van der Waals surface area contributed by atoms with Crippen LogP contribution in [0, 0.1) is 5.92 Å². The Morgan fingerprint density at radius 2 is 2.28 bits per heavy atom. The van der Waals surface area contributed by atoms with E-state index in [4.69, 9.17) is 9.47 Å². The zero-order valence-electron chi connectivity index (χ0n) is 12.3. The van der Waals surface area contributed by atoms with E-state index >= 15 is 0 Å². The van der Waals surface area contributed by atoms with Gasteiger partial charge in [0.15, 0.2) is 0 Å². The lowest BCUT2D eigenvalue weighted by Gasteiger charge is -2.24. The van der Waals surface area contributed by atoms with E-state index in [9.17, 15) is 0 Å². The van der Waals surface area contributed by atoms with Crippen molar-refractivity contribution in [2.45, 2.75) is 32.7 Å². The van der Waals surface area contributed by atoms with Gasteiger partial charge >= 0.3 is 0 Å². The molecule has 0 aliphatic carbocycles. The molecule has 1 heterocycles. The third kappa shape index (κ3) is 6.14. The van der Waals surface area contributed by atoms with E-state index in [1.165, 1.54) is 19.5 Å². The summed E-state index contributed by atoms with van der Waals surface area (Å²) in [5, 5.41) is 3.51. The fourth-order valence-electron chi connectivity index (χ4n) is 2.52. The predicted molar refractivity (Wildman–Crippen MR) is 75.0 cm³/mol. The molecule has 0 aromatic rings. The van der Waals surface area contributed by atoms with Crippen LogP contribution in [0.1, 0.15) is 26.7 Å². The van der Waals surface area contributed by atoms with Gasteiger partial charge in [-0.05, 0) is 45.7 Å². The highest BCUT2D eigenvalue weighted by Crippen LogP contribution is 2.18. The molecule has 4 nitrogen and oxygen atoms in total. The normalized spacial score (nSPS) is 22.5. The van der Waals surface area contributed by atoms with Crippen molar-refractivity contribution < 1.29 is 9.47 Å². The largest absolute Gasteiger partial charge is 0.384 e. The zero-order chi connectivity index (χ0) is 13.2. The molecule has 18 heavy (non-hydrogen) atoms. The van der Waals surface area contributed by atoms with Gasteiger partial charge in [0.25, 0.3) is 0 Å². The second kappa shape index (κ2) is 9.73. The Bertz CT molecular complexity index is 202. The summed E-state index contributed by atoms with van der Waals surface area (Å²) < 4.78 is 10.6. The summed E-state index contributed by atoms with van der Waals surface area (Å²) in [4.78, 5) is 2.57. The van der Waals surface area contributed by atoms with Gasteiger partial charge < -0.3 is 14.8 Å². The number of nitrogens with zero attached hydrogens (tertiary/aromatic N) is 1. The van der Waals surface area contributed by atoms with Gasteiger partial charge in [-0.15, -0.1) is 0 Å². The Morgan fingerprint density at radius 1 is 1.44 bits per heavy atom. The lowest BCUT2D eigenvalue weighted by atomic mass is 10.1. The van der Waals surface area contributed by atoms with E-state index < -0.39 is 0 Å². The van der Waals surface area contributed by atoms with Crippen LogP contribution in [0.4, 0.5) is 0 Å². The molecule has 1 aliphatic heterocycles. The second-order valence-corrected chi connectivity index (χ2v) is 5.21. The van der Waals surface area contributed by atoms with Crippen LogP contribution in [-0.4, -0.2) is 64.1 Å². The zero-order valence-corrected chi connectivity index (χ0v) is 12.3. The van der Waals surface area contributed by atoms with Gasteiger partial charge in [0.05, 0.1) is 6.61 Å². The molecule has 1 N–H and O–H groups in total. The molecule has 0 aromatic heterocycles. The van der Waals surface area contributed by atoms with Crippen LogP contribution in [0.2, 0.25) is 0 Å². The average Bonchev–Trinajstić information content (AvgIpc) is 2.82. The maximum Gasteiger partial charge on any atom is 0.0503 e. The molecule has 2 atom stereocenters. The van der Waals surface area contributed by atoms with Gasteiger partial charge in [-0.2, -0.15) is 0 Å². The molecule has 2 unspecified atom stereocenters. The Kier molecular flexibility index (Phi) is 8.59. The molecule has 0 aromatic carbocycles. The number of methoxy groups -OCH3 is 1. The average molecular weight is 258 g/mol. The van der Waals surface area contributed by atoms with E-state index in [0.29, 0.717) is 6.04 Å². The summed E-state index contributed by atoms with van der Waals surface area (Å²) in [6, 6.07) is 0.624. The van der Waals surface area contributed by atoms with Crippen molar-refractivity contribution in [3.05, 3.63) is 0 Å². The van der Waals surface area contributed by atoms with Crippen LogP contribution in [0.3, 0.4) is 0 Å². The summed E-state index contributed by atoms with van der Waals surface area (Å²) in [6.07, 6.45) is 2.38. The minimum atomic E-state index is 0.624. The van der Waals surface area contributed by atoms with Crippen molar-refractivity contribution in [2.75, 3.05) is 53.1 Å². The fraction of sp³-hybridized carbons (Fsp3) is 1.00. The van der Waals surface area contributed by atoms with Crippen LogP contribution in [-0.2, 0) is 9.47 Å². The van der Waals surface area contributed by atoms with E-state index in [0.717, 1.165) is 45.2 Å². The minimum absolute atomic E-state index is 0.624. The summed E-state index contributed by atoms with van der Waals surface area (Å²) in [6.45, 7) is 11.5. The minimum Gasteiger partial charge on any atom is -0.384 e. The van der Waals surface area contributed by atoms with Crippen molar-refractivity contribution in [1.29, 1.82) is 0 Å². The Hall–Kier alpha value is -0.160. The molecule has 0 saturated carbocycles. The van der Waals surface area contributed by atoms with Crippen molar-refractivity contribution >= 4 is 0 Å². The summed E-state index contributed by atoms with van der Waals surface area (Å²) >= 11 is 0. The van der Waals surface area contributed by atoms with Gasteiger partial charge in [0.2, 0.25) is 0 Å². The molecular formula is C14H30N2O2. The van der Waals surface area contributed by atoms with Crippen LogP contribution >= 0.6 is 0 Å². The number of hydrogen-bond donors (Lipinski definition) is 1. The molecule has 0 radical (unpaired) electrons. The monoisotopic (exact) mass is 258 g/mol. The molecule has 1 fully saturated rings. The summed E-state index contributed by atoms with van der Waals surface area (Å²) in [5.74, 6) is 0.732. The predicted octanol–water partition coefficient (Wildman–Crippen LogP) is 1.36. The molecule has 1 rings (SSSR count). The molecule has 0 spiro atoms. The quantitative estimate of drug-likeness (QED) is 0.600. The first kappa shape index (κ1) is 15.9. The second-order valence-electron chi connectivity index (χ2n) is 5.21. The van der Waals surface area contributed by atoms with Gasteiger partial charge in [0.1, 0.15) is 0 Å². The third-order valence-corrected chi connectivity index (χ3v) is 3.63. The lowest BCUT2D eigenvalue weighted by Crippen LogP contribution is -2.39. The standard InChI is InChI=1S/C14H30N2O2/c1-4-18-9-5-7-15-10-13(2)16-8-6-14(11-16)12-17-3/h13-15H,4-12H2,1-3H3. The number of rotatable bonds is 10. The number of ether oxygens (including phenoxy) is 2. The maximum atomic E-state index is 5.32. The van der Waals surface area contributed by atoms with Gasteiger partial charge in [0, 0.05) is 39.5 Å². The molecule has 0 amide bonds. The molecule has 1 aliphatic rings. The third-order valence-electron chi connectivity index (χ3n) is 3.63. The SMILES string of the molecule is CCOCCCNCC(C)N1CCC(COC)C1. The molecule has 4 heteroatoms. The van der Waals surface area contributed by atoms with Crippen LogP contribution < -0.4 is 5.32 Å². The molecule has 0 bridgehead atoms. The fourth-order valence-corrected chi connectivity index (χ4v) is 2.52. The summed E-state index contributed by atoms with van der Waals surface area (Å²) in [7, 11) is 1.80. The number of likely N-dealkylation sites (tertiary alicyclic amines) is 1. The van der Waals surface area contributed by atoms with Crippen molar-refractivity contribution in [3.63, 3.8) is 0 Å². The highest BCUT2D eigenvalue weighted by atomic mass is 16.5. The topological polar surface area (TPSA) is 33.7 Å².